The molecule has 1 aliphatic carbocycles. The Morgan fingerprint density at radius 1 is 1.46 bits per heavy atom. The number of hydrogen-bond acceptors (Lipinski definition) is 3. The highest BCUT2D eigenvalue weighted by atomic mass is 32.2. The summed E-state index contributed by atoms with van der Waals surface area (Å²) in [7, 11) is -3.07. The summed E-state index contributed by atoms with van der Waals surface area (Å²) in [5, 5.41) is 0. The predicted molar refractivity (Wildman–Crippen MR) is 52.2 cm³/mol. The standard InChI is InChI=1S/C9H9NO2S/c1-13(11,12)8-2-3-9-7(6-8)4-5-10-9/h2,4-6H,3H2,1H3. The van der Waals surface area contributed by atoms with Gasteiger partial charge in [0.05, 0.1) is 10.6 Å². The predicted octanol–water partition coefficient (Wildman–Crippen LogP) is 1.21. The van der Waals surface area contributed by atoms with Crippen LogP contribution in [0.5, 0.6) is 0 Å². The zero-order chi connectivity index (χ0) is 9.47. The minimum atomic E-state index is -3.07. The van der Waals surface area contributed by atoms with Crippen LogP contribution >= 0.6 is 0 Å². The summed E-state index contributed by atoms with van der Waals surface area (Å²) in [5.74, 6) is 0. The molecule has 68 valence electrons. The fourth-order valence-electron chi connectivity index (χ4n) is 1.35. The normalized spacial score (nSPS) is 20.5. The molecule has 0 atom stereocenters. The van der Waals surface area contributed by atoms with Gasteiger partial charge >= 0.3 is 0 Å². The van der Waals surface area contributed by atoms with E-state index in [1.165, 1.54) is 6.26 Å². The molecule has 2 aliphatic rings. The number of aliphatic imine (C=N–C) groups is 1. The highest BCUT2D eigenvalue weighted by Gasteiger charge is 2.17. The first-order chi connectivity index (χ1) is 6.07. The Labute approximate surface area is 77.1 Å². The Morgan fingerprint density at radius 3 is 2.92 bits per heavy atom. The molecule has 13 heavy (non-hydrogen) atoms. The van der Waals surface area contributed by atoms with Gasteiger partial charge in [-0.2, -0.15) is 0 Å². The van der Waals surface area contributed by atoms with E-state index in [9.17, 15) is 8.42 Å². The van der Waals surface area contributed by atoms with Crippen LogP contribution in [0.25, 0.3) is 0 Å². The van der Waals surface area contributed by atoms with Crippen molar-refractivity contribution >= 4 is 15.5 Å². The molecule has 0 fully saturated rings. The van der Waals surface area contributed by atoms with Crippen molar-refractivity contribution in [3.8, 4) is 0 Å². The van der Waals surface area contributed by atoms with Crippen LogP contribution in [-0.2, 0) is 9.84 Å². The molecule has 1 aliphatic heterocycles. The molecule has 2 rings (SSSR count). The summed E-state index contributed by atoms with van der Waals surface area (Å²) in [6.45, 7) is 0. The van der Waals surface area contributed by atoms with Gasteiger partial charge in [-0.1, -0.05) is 6.08 Å². The monoisotopic (exact) mass is 195 g/mol. The fourth-order valence-corrected chi connectivity index (χ4v) is 2.08. The molecule has 0 unspecified atom stereocenters. The summed E-state index contributed by atoms with van der Waals surface area (Å²) in [5.41, 5.74) is 1.87. The third kappa shape index (κ3) is 1.49. The van der Waals surface area contributed by atoms with E-state index in [1.54, 1.807) is 18.4 Å². The fraction of sp³-hybridized carbons (Fsp3) is 0.222. The molecular weight excluding hydrogens is 186 g/mol. The first kappa shape index (κ1) is 8.44. The molecule has 0 aromatic heterocycles. The van der Waals surface area contributed by atoms with Gasteiger partial charge in [0.25, 0.3) is 0 Å². The minimum Gasteiger partial charge on any atom is -0.260 e. The Morgan fingerprint density at radius 2 is 2.23 bits per heavy atom. The lowest BCUT2D eigenvalue weighted by Gasteiger charge is -2.08. The maximum atomic E-state index is 11.2. The Balaban J connectivity index is 2.44. The average molecular weight is 195 g/mol. The molecule has 0 saturated carbocycles. The summed E-state index contributed by atoms with van der Waals surface area (Å²) < 4.78 is 22.4. The molecule has 3 nitrogen and oxygen atoms in total. The maximum Gasteiger partial charge on any atom is 0.175 e. The van der Waals surface area contributed by atoms with Crippen LogP contribution in [0.2, 0.25) is 0 Å². The van der Waals surface area contributed by atoms with Crippen LogP contribution in [-0.4, -0.2) is 20.4 Å². The van der Waals surface area contributed by atoms with Gasteiger partial charge in [-0.15, -0.1) is 0 Å². The Bertz CT molecular complexity index is 464. The number of rotatable bonds is 1. The highest BCUT2D eigenvalue weighted by molar-refractivity contribution is 7.94. The van der Waals surface area contributed by atoms with Crippen molar-refractivity contribution in [3.05, 3.63) is 34.9 Å². The minimum absolute atomic E-state index is 0.396. The molecule has 0 bridgehead atoms. The summed E-state index contributed by atoms with van der Waals surface area (Å²) in [4.78, 5) is 4.50. The van der Waals surface area contributed by atoms with Gasteiger partial charge in [-0.25, -0.2) is 8.42 Å². The molecule has 0 amide bonds. The van der Waals surface area contributed by atoms with E-state index in [1.807, 2.05) is 6.08 Å². The van der Waals surface area contributed by atoms with Crippen LogP contribution < -0.4 is 0 Å². The zero-order valence-electron chi connectivity index (χ0n) is 7.19. The third-order valence-corrected chi connectivity index (χ3v) is 3.18. The second-order valence-electron chi connectivity index (χ2n) is 3.07. The van der Waals surface area contributed by atoms with Gasteiger partial charge < -0.3 is 0 Å². The van der Waals surface area contributed by atoms with Gasteiger partial charge in [-0.3, -0.25) is 4.99 Å². The number of sulfone groups is 1. The number of allylic oxidation sites excluding steroid dienone is 4. The number of nitrogens with zero attached hydrogens (tertiary/aromatic N) is 1. The van der Waals surface area contributed by atoms with E-state index in [-0.39, 0.29) is 0 Å². The van der Waals surface area contributed by atoms with Gasteiger partial charge in [0, 0.05) is 18.9 Å². The van der Waals surface area contributed by atoms with Crippen LogP contribution in [0, 0.1) is 0 Å². The Hall–Kier alpha value is -1.16. The van der Waals surface area contributed by atoms with Crippen molar-refractivity contribution in [2.45, 2.75) is 6.42 Å². The van der Waals surface area contributed by atoms with E-state index in [0.29, 0.717) is 11.3 Å². The maximum absolute atomic E-state index is 11.2. The van der Waals surface area contributed by atoms with E-state index >= 15 is 0 Å². The zero-order valence-corrected chi connectivity index (χ0v) is 8.00. The topological polar surface area (TPSA) is 46.5 Å². The highest BCUT2D eigenvalue weighted by Crippen LogP contribution is 2.23. The van der Waals surface area contributed by atoms with Crippen LogP contribution in [0.15, 0.2) is 39.9 Å². The van der Waals surface area contributed by atoms with Gasteiger partial charge in [0.15, 0.2) is 9.84 Å². The molecule has 0 N–H and O–H groups in total. The van der Waals surface area contributed by atoms with Crippen LogP contribution in [0.3, 0.4) is 0 Å². The van der Waals surface area contributed by atoms with Crippen LogP contribution in [0.4, 0.5) is 0 Å². The van der Waals surface area contributed by atoms with Gasteiger partial charge in [-0.05, 0) is 17.7 Å². The molecule has 4 heteroatoms. The Kier molecular flexibility index (Phi) is 1.73. The van der Waals surface area contributed by atoms with Crippen molar-refractivity contribution in [2.75, 3.05) is 6.26 Å². The third-order valence-electron chi connectivity index (χ3n) is 2.04. The molecule has 1 heterocycles. The largest absolute Gasteiger partial charge is 0.260 e. The summed E-state index contributed by atoms with van der Waals surface area (Å²) >= 11 is 0. The van der Waals surface area contributed by atoms with Gasteiger partial charge in [0.1, 0.15) is 0 Å². The number of fused-ring (bicyclic) bond motifs is 1. The van der Waals surface area contributed by atoms with Crippen LogP contribution in [0.1, 0.15) is 6.42 Å². The van der Waals surface area contributed by atoms with Crippen molar-refractivity contribution in [3.63, 3.8) is 0 Å². The second kappa shape index (κ2) is 2.67. The molecule has 0 aromatic carbocycles. The summed E-state index contributed by atoms with van der Waals surface area (Å²) in [6.07, 6.45) is 8.72. The summed E-state index contributed by atoms with van der Waals surface area (Å²) in [6, 6.07) is 0. The first-order valence-electron chi connectivity index (χ1n) is 3.93. The van der Waals surface area contributed by atoms with E-state index < -0.39 is 9.84 Å². The first-order valence-corrected chi connectivity index (χ1v) is 5.82. The lowest BCUT2D eigenvalue weighted by atomic mass is 10.0. The lowest BCUT2D eigenvalue weighted by Crippen LogP contribution is -2.07. The molecule has 0 aromatic rings. The van der Waals surface area contributed by atoms with E-state index in [0.717, 1.165) is 11.3 Å². The van der Waals surface area contributed by atoms with E-state index in [4.69, 9.17) is 0 Å². The van der Waals surface area contributed by atoms with Crippen molar-refractivity contribution in [2.24, 2.45) is 4.99 Å². The second-order valence-corrected chi connectivity index (χ2v) is 5.09. The molecule has 0 radical (unpaired) electrons. The lowest BCUT2D eigenvalue weighted by molar-refractivity contribution is 0.608. The van der Waals surface area contributed by atoms with E-state index in [2.05, 4.69) is 4.99 Å². The molecular formula is C9H9NO2S. The molecule has 0 saturated heterocycles. The smallest absolute Gasteiger partial charge is 0.175 e. The average Bonchev–Trinajstić information content (AvgIpc) is 2.47. The van der Waals surface area contributed by atoms with Crippen molar-refractivity contribution in [1.29, 1.82) is 0 Å². The number of hydrogen-bond donors (Lipinski definition) is 0. The molecule has 0 spiro atoms. The quantitative estimate of drug-likeness (QED) is 0.631. The van der Waals surface area contributed by atoms with Crippen molar-refractivity contribution in [1.82, 2.24) is 0 Å². The van der Waals surface area contributed by atoms with Gasteiger partial charge in [0.2, 0.25) is 0 Å². The van der Waals surface area contributed by atoms with Crippen molar-refractivity contribution < 1.29 is 8.42 Å². The SMILES string of the molecule is CS(=O)(=O)C1=CCC2=NC=CC2=C1.